The summed E-state index contributed by atoms with van der Waals surface area (Å²) in [5.41, 5.74) is 0.501. The lowest BCUT2D eigenvalue weighted by Crippen LogP contribution is -2.42. The van der Waals surface area contributed by atoms with Crippen LogP contribution in [0.4, 0.5) is 0 Å². The number of nitrogens with zero attached hydrogens (tertiary/aromatic N) is 2. The van der Waals surface area contributed by atoms with Crippen molar-refractivity contribution in [1.29, 1.82) is 0 Å². The summed E-state index contributed by atoms with van der Waals surface area (Å²) in [6.07, 6.45) is 5.27. The first-order valence-corrected chi connectivity index (χ1v) is 9.32. The van der Waals surface area contributed by atoms with E-state index in [1.54, 1.807) is 22.8 Å². The second-order valence-corrected chi connectivity index (χ2v) is 6.46. The van der Waals surface area contributed by atoms with Gasteiger partial charge in [-0.15, -0.1) is 0 Å². The van der Waals surface area contributed by atoms with Crippen LogP contribution in [0.5, 0.6) is 0 Å². The third kappa shape index (κ3) is 5.34. The molecular weight excluding hydrogens is 336 g/mol. The maximum Gasteiger partial charge on any atom is 0.309 e. The molecule has 144 valence electrons. The maximum atomic E-state index is 12.5. The van der Waals surface area contributed by atoms with Gasteiger partial charge in [-0.1, -0.05) is 6.92 Å². The molecule has 26 heavy (non-hydrogen) atoms. The molecule has 1 aromatic rings. The Balaban J connectivity index is 1.81. The second-order valence-electron chi connectivity index (χ2n) is 6.46. The lowest BCUT2D eigenvalue weighted by Gasteiger charge is -2.31. The van der Waals surface area contributed by atoms with Crippen molar-refractivity contribution in [2.45, 2.75) is 39.5 Å². The molecule has 1 fully saturated rings. The van der Waals surface area contributed by atoms with Crippen molar-refractivity contribution < 1.29 is 23.5 Å². The number of likely N-dealkylation sites (tertiary alicyclic amines) is 1. The first-order valence-electron chi connectivity index (χ1n) is 9.32. The topological polar surface area (TPSA) is 80.1 Å². The van der Waals surface area contributed by atoms with Gasteiger partial charge in [-0.25, -0.2) is 0 Å². The van der Waals surface area contributed by atoms with E-state index >= 15 is 0 Å². The summed E-state index contributed by atoms with van der Waals surface area (Å²) in [4.78, 5) is 40.2. The minimum absolute atomic E-state index is 0.0217. The van der Waals surface area contributed by atoms with Gasteiger partial charge in [0.05, 0.1) is 24.4 Å². The van der Waals surface area contributed by atoms with E-state index in [1.807, 2.05) is 6.92 Å². The van der Waals surface area contributed by atoms with Crippen LogP contribution in [0.1, 0.15) is 49.9 Å². The summed E-state index contributed by atoms with van der Waals surface area (Å²) in [7, 11) is 0. The zero-order valence-corrected chi connectivity index (χ0v) is 15.6. The molecule has 0 bridgehead atoms. The normalized spacial score (nSPS) is 14.9. The van der Waals surface area contributed by atoms with E-state index < -0.39 is 0 Å². The van der Waals surface area contributed by atoms with Crippen LogP contribution in [0.25, 0.3) is 0 Å². The maximum absolute atomic E-state index is 12.5. The fourth-order valence-corrected chi connectivity index (χ4v) is 3.17. The van der Waals surface area contributed by atoms with Crippen molar-refractivity contribution in [1.82, 2.24) is 9.80 Å². The van der Waals surface area contributed by atoms with Crippen molar-refractivity contribution in [2.24, 2.45) is 5.92 Å². The van der Waals surface area contributed by atoms with Gasteiger partial charge in [-0.05, 0) is 32.3 Å². The van der Waals surface area contributed by atoms with Gasteiger partial charge in [-0.3, -0.25) is 14.4 Å². The number of amides is 2. The fraction of sp³-hybridized carbons (Fsp3) is 0.632. The van der Waals surface area contributed by atoms with Crippen LogP contribution < -0.4 is 0 Å². The van der Waals surface area contributed by atoms with Crippen LogP contribution in [0, 0.1) is 5.92 Å². The van der Waals surface area contributed by atoms with Gasteiger partial charge in [0.1, 0.15) is 6.26 Å². The van der Waals surface area contributed by atoms with E-state index in [1.165, 1.54) is 12.5 Å². The Hall–Kier alpha value is -2.31. The Morgan fingerprint density at radius 3 is 2.54 bits per heavy atom. The molecule has 7 nitrogen and oxygen atoms in total. The summed E-state index contributed by atoms with van der Waals surface area (Å²) < 4.78 is 10.0. The average Bonchev–Trinajstić information content (AvgIpc) is 3.19. The predicted octanol–water partition coefficient (Wildman–Crippen LogP) is 2.32. The van der Waals surface area contributed by atoms with Crippen molar-refractivity contribution in [3.05, 3.63) is 24.2 Å². The number of hydrogen-bond donors (Lipinski definition) is 0. The molecule has 0 spiro atoms. The quantitative estimate of drug-likeness (QED) is 0.662. The minimum atomic E-state index is -0.167. The molecule has 2 amide bonds. The molecule has 2 heterocycles. The smallest absolute Gasteiger partial charge is 0.309 e. The molecule has 1 aliphatic rings. The van der Waals surface area contributed by atoms with Gasteiger partial charge in [0, 0.05) is 32.6 Å². The van der Waals surface area contributed by atoms with Crippen molar-refractivity contribution in [3.8, 4) is 0 Å². The molecule has 7 heteroatoms. The number of rotatable bonds is 8. The van der Waals surface area contributed by atoms with E-state index in [9.17, 15) is 14.4 Å². The predicted molar refractivity (Wildman–Crippen MR) is 95.5 cm³/mol. The summed E-state index contributed by atoms with van der Waals surface area (Å²) >= 11 is 0. The molecule has 0 atom stereocenters. The van der Waals surface area contributed by atoms with Gasteiger partial charge in [0.2, 0.25) is 5.91 Å². The molecule has 0 aromatic carbocycles. The molecule has 0 aliphatic carbocycles. The molecule has 0 N–H and O–H groups in total. The first-order chi connectivity index (χ1) is 12.6. The van der Waals surface area contributed by atoms with Gasteiger partial charge in [0.15, 0.2) is 0 Å². The zero-order chi connectivity index (χ0) is 18.9. The SMILES string of the molecule is CCCN(CCC(=O)N1CCC(C(=O)OCC)CC1)C(=O)c1ccoc1. The van der Waals surface area contributed by atoms with Crippen LogP contribution in [0.2, 0.25) is 0 Å². The second kappa shape index (κ2) is 9.99. The standard InChI is InChI=1S/C19H28N2O5/c1-3-9-21(18(23)16-8-13-25-14-16)12-7-17(22)20-10-5-15(6-11-20)19(24)26-4-2/h8,13-15H,3-7,9-12H2,1-2H3. The Bertz CT molecular complexity index is 591. The van der Waals surface area contributed by atoms with Crippen LogP contribution >= 0.6 is 0 Å². The highest BCUT2D eigenvalue weighted by atomic mass is 16.5. The van der Waals surface area contributed by atoms with Gasteiger partial charge < -0.3 is 19.0 Å². The molecule has 0 unspecified atom stereocenters. The summed E-state index contributed by atoms with van der Waals surface area (Å²) in [6.45, 7) is 6.28. The summed E-state index contributed by atoms with van der Waals surface area (Å²) in [6, 6.07) is 1.63. The van der Waals surface area contributed by atoms with Crippen LogP contribution in [-0.2, 0) is 14.3 Å². The minimum Gasteiger partial charge on any atom is -0.472 e. The third-order valence-corrected chi connectivity index (χ3v) is 4.61. The summed E-state index contributed by atoms with van der Waals surface area (Å²) in [5.74, 6) is -0.375. The Labute approximate surface area is 154 Å². The van der Waals surface area contributed by atoms with Gasteiger partial charge in [-0.2, -0.15) is 0 Å². The highest BCUT2D eigenvalue weighted by molar-refractivity contribution is 5.94. The number of carbonyl (C=O) groups excluding carboxylic acids is 3. The fourth-order valence-electron chi connectivity index (χ4n) is 3.17. The van der Waals surface area contributed by atoms with Crippen molar-refractivity contribution in [3.63, 3.8) is 0 Å². The Kier molecular flexibility index (Phi) is 7.69. The van der Waals surface area contributed by atoms with Crippen molar-refractivity contribution >= 4 is 17.8 Å². The molecule has 0 saturated carbocycles. The molecule has 1 aliphatic heterocycles. The van der Waals surface area contributed by atoms with E-state index in [0.29, 0.717) is 51.2 Å². The number of piperidine rings is 1. The molecule has 1 saturated heterocycles. The number of ether oxygens (including phenoxy) is 1. The van der Waals surface area contributed by atoms with Crippen LogP contribution in [0.15, 0.2) is 23.0 Å². The average molecular weight is 364 g/mol. The number of furan rings is 1. The zero-order valence-electron chi connectivity index (χ0n) is 15.6. The molecule has 0 radical (unpaired) electrons. The van der Waals surface area contributed by atoms with Gasteiger partial charge in [0.25, 0.3) is 5.91 Å². The molecule has 1 aromatic heterocycles. The van der Waals surface area contributed by atoms with Crippen molar-refractivity contribution in [2.75, 3.05) is 32.8 Å². The van der Waals surface area contributed by atoms with Crippen LogP contribution in [-0.4, -0.2) is 60.4 Å². The lowest BCUT2D eigenvalue weighted by atomic mass is 9.97. The summed E-state index contributed by atoms with van der Waals surface area (Å²) in [5, 5.41) is 0. The largest absolute Gasteiger partial charge is 0.472 e. The Morgan fingerprint density at radius 2 is 1.96 bits per heavy atom. The number of carbonyl (C=O) groups is 3. The number of esters is 1. The lowest BCUT2D eigenvalue weighted by molar-refractivity contribution is -0.151. The number of hydrogen-bond acceptors (Lipinski definition) is 5. The Morgan fingerprint density at radius 1 is 1.23 bits per heavy atom. The highest BCUT2D eigenvalue weighted by Crippen LogP contribution is 2.19. The molecular formula is C19H28N2O5. The van der Waals surface area contributed by atoms with E-state index in [4.69, 9.17) is 9.15 Å². The van der Waals surface area contributed by atoms with Crippen LogP contribution in [0.3, 0.4) is 0 Å². The third-order valence-electron chi connectivity index (χ3n) is 4.61. The van der Waals surface area contributed by atoms with E-state index in [0.717, 1.165) is 6.42 Å². The van der Waals surface area contributed by atoms with E-state index in [-0.39, 0.29) is 30.1 Å². The highest BCUT2D eigenvalue weighted by Gasteiger charge is 2.28. The van der Waals surface area contributed by atoms with Gasteiger partial charge >= 0.3 is 5.97 Å². The first kappa shape index (κ1) is 20.0. The van der Waals surface area contributed by atoms with E-state index in [2.05, 4.69) is 0 Å². The monoisotopic (exact) mass is 364 g/mol. The molecule has 2 rings (SSSR count).